The molecule has 4 aromatic rings. The number of H-pyrrole nitrogens is 2. The highest BCUT2D eigenvalue weighted by atomic mass is 79.9. The first-order valence-corrected chi connectivity index (χ1v) is 8.05. The van der Waals surface area contributed by atoms with Gasteiger partial charge in [0.15, 0.2) is 11.3 Å². The van der Waals surface area contributed by atoms with Gasteiger partial charge < -0.3 is 5.48 Å². The fourth-order valence-electron chi connectivity index (χ4n) is 1.99. The maximum Gasteiger partial charge on any atom is 0.181 e. The lowest BCUT2D eigenvalue weighted by atomic mass is 10.3. The second-order valence-corrected chi connectivity index (χ2v) is 6.58. The summed E-state index contributed by atoms with van der Waals surface area (Å²) in [4.78, 5) is 8.22. The highest BCUT2D eigenvalue weighted by Gasteiger charge is 2.02. The van der Waals surface area contributed by atoms with Crippen LogP contribution >= 0.6 is 31.9 Å². The van der Waals surface area contributed by atoms with Crippen molar-refractivity contribution in [1.82, 2.24) is 30.4 Å². The zero-order valence-electron chi connectivity index (χ0n) is 12.4. The van der Waals surface area contributed by atoms with Gasteiger partial charge in [-0.3, -0.25) is 10.2 Å². The molecule has 0 saturated carbocycles. The van der Waals surface area contributed by atoms with E-state index in [0.717, 1.165) is 42.4 Å². The molecular formula is C14H14Br2N6O. The van der Waals surface area contributed by atoms with Crippen LogP contribution in [0.1, 0.15) is 11.4 Å². The third kappa shape index (κ3) is 3.74. The molecule has 4 N–H and O–H groups in total. The minimum atomic E-state index is 0. The minimum absolute atomic E-state index is 0. The van der Waals surface area contributed by atoms with E-state index < -0.39 is 0 Å². The molecule has 0 unspecified atom stereocenters. The number of hydrogen-bond acceptors (Lipinski definition) is 4. The number of hydrogen-bond donors (Lipinski definition) is 2. The second kappa shape index (κ2) is 7.16. The number of aryl methyl sites for hydroxylation is 2. The molecule has 0 aliphatic heterocycles. The van der Waals surface area contributed by atoms with E-state index in [2.05, 4.69) is 62.2 Å². The zero-order valence-corrected chi connectivity index (χ0v) is 15.5. The highest BCUT2D eigenvalue weighted by molar-refractivity contribution is 9.10. The third-order valence-electron chi connectivity index (χ3n) is 3.13. The summed E-state index contributed by atoms with van der Waals surface area (Å²) in [5, 5.41) is 15.9. The van der Waals surface area contributed by atoms with Crippen molar-refractivity contribution in [2.24, 2.45) is 0 Å². The van der Waals surface area contributed by atoms with Crippen LogP contribution in [0.3, 0.4) is 0 Å². The van der Waals surface area contributed by atoms with E-state index in [0.29, 0.717) is 0 Å². The van der Waals surface area contributed by atoms with E-state index in [1.54, 1.807) is 12.4 Å². The lowest BCUT2D eigenvalue weighted by Gasteiger charge is -1.88. The molecule has 23 heavy (non-hydrogen) atoms. The van der Waals surface area contributed by atoms with Crippen molar-refractivity contribution in [1.29, 1.82) is 0 Å². The summed E-state index contributed by atoms with van der Waals surface area (Å²) in [6, 6.07) is 4.00. The monoisotopic (exact) mass is 440 g/mol. The van der Waals surface area contributed by atoms with Crippen molar-refractivity contribution >= 4 is 53.9 Å². The molecule has 0 aliphatic rings. The Morgan fingerprint density at radius 3 is 1.57 bits per heavy atom. The van der Waals surface area contributed by atoms with Crippen LogP contribution in [0.5, 0.6) is 0 Å². The number of pyridine rings is 2. The first-order chi connectivity index (χ1) is 10.5. The average Bonchev–Trinajstić information content (AvgIpc) is 3.04. The molecule has 4 aromatic heterocycles. The van der Waals surface area contributed by atoms with Gasteiger partial charge >= 0.3 is 0 Å². The van der Waals surface area contributed by atoms with Crippen molar-refractivity contribution in [2.75, 3.05) is 0 Å². The molecule has 4 heterocycles. The Bertz CT molecular complexity index is 871. The quantitative estimate of drug-likeness (QED) is 0.435. The first kappa shape index (κ1) is 17.5. The van der Waals surface area contributed by atoms with Gasteiger partial charge in [-0.1, -0.05) is 0 Å². The largest absolute Gasteiger partial charge is 0.412 e. The smallest absolute Gasteiger partial charge is 0.181 e. The van der Waals surface area contributed by atoms with Gasteiger partial charge in [0.25, 0.3) is 0 Å². The molecule has 0 saturated heterocycles. The van der Waals surface area contributed by atoms with E-state index in [-0.39, 0.29) is 5.48 Å². The van der Waals surface area contributed by atoms with Crippen molar-refractivity contribution in [3.8, 4) is 0 Å². The third-order valence-corrected chi connectivity index (χ3v) is 4.00. The lowest BCUT2D eigenvalue weighted by molar-refractivity contribution is 0.824. The van der Waals surface area contributed by atoms with Crippen LogP contribution in [-0.4, -0.2) is 35.8 Å². The van der Waals surface area contributed by atoms with Gasteiger partial charge in [-0.05, 0) is 57.8 Å². The van der Waals surface area contributed by atoms with Gasteiger partial charge in [-0.25, -0.2) is 9.97 Å². The highest BCUT2D eigenvalue weighted by Crippen LogP contribution is 2.18. The van der Waals surface area contributed by atoms with Gasteiger partial charge in [0.2, 0.25) is 0 Å². The number of aromatic amines is 2. The molecular weight excluding hydrogens is 428 g/mol. The molecule has 9 heteroatoms. The maximum atomic E-state index is 4.11. The Morgan fingerprint density at radius 2 is 1.17 bits per heavy atom. The summed E-state index contributed by atoms with van der Waals surface area (Å²) in [6.45, 7) is 3.95. The summed E-state index contributed by atoms with van der Waals surface area (Å²) < 4.78 is 1.96. The Hall–Kier alpha value is -1.84. The number of fused-ring (bicyclic) bond motifs is 2. The normalized spacial score (nSPS) is 10.3. The van der Waals surface area contributed by atoms with Crippen LogP contribution in [0.2, 0.25) is 0 Å². The molecule has 120 valence electrons. The summed E-state index contributed by atoms with van der Waals surface area (Å²) in [6.07, 6.45) is 3.48. The van der Waals surface area contributed by atoms with E-state index in [9.17, 15) is 0 Å². The summed E-state index contributed by atoms with van der Waals surface area (Å²) in [5.41, 5.74) is 3.64. The first-order valence-electron chi connectivity index (χ1n) is 6.47. The molecule has 0 atom stereocenters. The Balaban J connectivity index is 0.000000160. The summed E-state index contributed by atoms with van der Waals surface area (Å²) in [7, 11) is 0. The average molecular weight is 442 g/mol. The Morgan fingerprint density at radius 1 is 0.783 bits per heavy atom. The van der Waals surface area contributed by atoms with Gasteiger partial charge in [-0.15, -0.1) is 0 Å². The van der Waals surface area contributed by atoms with Crippen LogP contribution in [0.25, 0.3) is 22.1 Å². The van der Waals surface area contributed by atoms with E-state index in [1.165, 1.54) is 0 Å². The Kier molecular flexibility index (Phi) is 5.45. The molecule has 0 spiro atoms. The fourth-order valence-corrected chi connectivity index (χ4v) is 2.65. The van der Waals surface area contributed by atoms with E-state index >= 15 is 0 Å². The van der Waals surface area contributed by atoms with Gasteiger partial charge in [0.05, 0.1) is 0 Å². The number of rotatable bonds is 0. The SMILES string of the molecule is Cc1[nH]nc2ncc(Br)cc12.Cc1[nH]nc2ncc(Br)cc12.O. The molecule has 0 radical (unpaired) electrons. The number of halogens is 2. The number of nitrogens with one attached hydrogen (secondary N) is 2. The van der Waals surface area contributed by atoms with Crippen LogP contribution in [0.4, 0.5) is 0 Å². The molecule has 0 aliphatic carbocycles. The standard InChI is InChI=1S/2C7H6BrN3.H2O/c2*1-4-6-2-5(8)3-9-7(6)11-10-4;/h2*2-3H,1H3,(H,9,10,11);1H2. The molecule has 0 amide bonds. The van der Waals surface area contributed by atoms with E-state index in [4.69, 9.17) is 0 Å². The summed E-state index contributed by atoms with van der Waals surface area (Å²) >= 11 is 6.69. The number of nitrogens with zero attached hydrogens (tertiary/aromatic N) is 4. The zero-order chi connectivity index (χ0) is 15.7. The summed E-state index contributed by atoms with van der Waals surface area (Å²) in [5.74, 6) is 0. The molecule has 4 rings (SSSR count). The molecule has 7 nitrogen and oxygen atoms in total. The minimum Gasteiger partial charge on any atom is -0.412 e. The van der Waals surface area contributed by atoms with E-state index in [1.807, 2.05) is 26.0 Å². The Labute approximate surface area is 148 Å². The lowest BCUT2D eigenvalue weighted by Crippen LogP contribution is -1.75. The van der Waals surface area contributed by atoms with Crippen LogP contribution < -0.4 is 0 Å². The van der Waals surface area contributed by atoms with Crippen molar-refractivity contribution < 1.29 is 5.48 Å². The second-order valence-electron chi connectivity index (χ2n) is 4.75. The van der Waals surface area contributed by atoms with Gasteiger partial charge in [0.1, 0.15) is 0 Å². The van der Waals surface area contributed by atoms with Crippen LogP contribution in [0.15, 0.2) is 33.5 Å². The van der Waals surface area contributed by atoms with Crippen molar-refractivity contribution in [3.05, 3.63) is 44.9 Å². The predicted octanol–water partition coefficient (Wildman–Crippen LogP) is 3.23. The molecule has 0 fully saturated rings. The number of aromatic nitrogens is 6. The fraction of sp³-hybridized carbons (Fsp3) is 0.143. The van der Waals surface area contributed by atoms with Crippen molar-refractivity contribution in [2.45, 2.75) is 13.8 Å². The van der Waals surface area contributed by atoms with Crippen molar-refractivity contribution in [3.63, 3.8) is 0 Å². The van der Waals surface area contributed by atoms with Gasteiger partial charge in [-0.2, -0.15) is 10.2 Å². The molecule has 0 bridgehead atoms. The predicted molar refractivity (Wildman–Crippen MR) is 96.3 cm³/mol. The maximum absolute atomic E-state index is 4.11. The molecule has 0 aromatic carbocycles. The van der Waals surface area contributed by atoms with Gasteiger partial charge in [0, 0.05) is 43.5 Å². The topological polar surface area (TPSA) is 115 Å². The van der Waals surface area contributed by atoms with Crippen LogP contribution in [-0.2, 0) is 0 Å². The van der Waals surface area contributed by atoms with Crippen LogP contribution in [0, 0.1) is 13.8 Å².